The number of hydrogen-bond donors (Lipinski definition) is 1. The SMILES string of the molecule is CCS(=O)(=O)CCCN(C)CC1CCCNC1. The first-order chi connectivity index (χ1) is 8.03. The molecule has 0 amide bonds. The van der Waals surface area contributed by atoms with Crippen molar-refractivity contribution in [2.75, 3.05) is 44.7 Å². The molecule has 17 heavy (non-hydrogen) atoms. The second-order valence-corrected chi connectivity index (χ2v) is 7.54. The third-order valence-electron chi connectivity index (χ3n) is 3.40. The van der Waals surface area contributed by atoms with E-state index < -0.39 is 9.84 Å². The van der Waals surface area contributed by atoms with Gasteiger partial charge in [0.2, 0.25) is 0 Å². The van der Waals surface area contributed by atoms with Gasteiger partial charge < -0.3 is 10.2 Å². The van der Waals surface area contributed by atoms with Crippen molar-refractivity contribution in [3.63, 3.8) is 0 Å². The minimum atomic E-state index is -2.79. The summed E-state index contributed by atoms with van der Waals surface area (Å²) in [6, 6.07) is 0. The minimum absolute atomic E-state index is 0.267. The molecule has 4 nitrogen and oxygen atoms in total. The number of nitrogens with one attached hydrogen (secondary N) is 1. The van der Waals surface area contributed by atoms with E-state index in [9.17, 15) is 8.42 Å². The molecule has 0 aromatic carbocycles. The van der Waals surface area contributed by atoms with Crippen LogP contribution in [0.15, 0.2) is 0 Å². The fourth-order valence-electron chi connectivity index (χ4n) is 2.31. The lowest BCUT2D eigenvalue weighted by Crippen LogP contribution is -2.37. The van der Waals surface area contributed by atoms with Crippen molar-refractivity contribution in [3.8, 4) is 0 Å². The molecule has 5 heteroatoms. The minimum Gasteiger partial charge on any atom is -0.316 e. The van der Waals surface area contributed by atoms with Gasteiger partial charge >= 0.3 is 0 Å². The molecule has 1 saturated heterocycles. The van der Waals surface area contributed by atoms with Gasteiger partial charge in [-0.3, -0.25) is 0 Å². The Labute approximate surface area is 106 Å². The molecule has 1 heterocycles. The molecule has 1 aliphatic rings. The molecule has 1 atom stereocenters. The van der Waals surface area contributed by atoms with Gasteiger partial charge in [-0.25, -0.2) is 8.42 Å². The molecule has 1 unspecified atom stereocenters. The first-order valence-corrected chi connectivity index (χ1v) is 8.45. The summed E-state index contributed by atoms with van der Waals surface area (Å²) in [6.07, 6.45) is 3.32. The third-order valence-corrected chi connectivity index (χ3v) is 5.19. The molecule has 102 valence electrons. The van der Waals surface area contributed by atoms with E-state index in [-0.39, 0.29) is 5.75 Å². The normalized spacial score (nSPS) is 21.9. The van der Waals surface area contributed by atoms with Crippen LogP contribution < -0.4 is 5.32 Å². The van der Waals surface area contributed by atoms with Crippen LogP contribution in [0.1, 0.15) is 26.2 Å². The van der Waals surface area contributed by atoms with E-state index in [4.69, 9.17) is 0 Å². The Kier molecular flexibility index (Phi) is 6.44. The Balaban J connectivity index is 2.14. The van der Waals surface area contributed by atoms with Gasteiger partial charge in [0.1, 0.15) is 9.84 Å². The van der Waals surface area contributed by atoms with E-state index in [0.717, 1.165) is 38.5 Å². The van der Waals surface area contributed by atoms with Crippen molar-refractivity contribution < 1.29 is 8.42 Å². The molecule has 0 aromatic heterocycles. The van der Waals surface area contributed by atoms with Gasteiger partial charge in [-0.1, -0.05) is 6.92 Å². The van der Waals surface area contributed by atoms with E-state index >= 15 is 0 Å². The maximum atomic E-state index is 11.3. The van der Waals surface area contributed by atoms with Gasteiger partial charge in [0.25, 0.3) is 0 Å². The van der Waals surface area contributed by atoms with Crippen molar-refractivity contribution in [1.29, 1.82) is 0 Å². The molecule has 1 rings (SSSR count). The molecular formula is C12H26N2O2S. The van der Waals surface area contributed by atoms with Crippen LogP contribution in [0.3, 0.4) is 0 Å². The Morgan fingerprint density at radius 3 is 2.76 bits per heavy atom. The lowest BCUT2D eigenvalue weighted by atomic mass is 9.99. The van der Waals surface area contributed by atoms with Crippen LogP contribution in [0.5, 0.6) is 0 Å². The number of hydrogen-bond acceptors (Lipinski definition) is 4. The predicted octanol–water partition coefficient (Wildman–Crippen LogP) is 0.743. The molecule has 0 saturated carbocycles. The Hall–Kier alpha value is -0.130. The highest BCUT2D eigenvalue weighted by atomic mass is 32.2. The zero-order valence-corrected chi connectivity index (χ0v) is 11.9. The molecule has 0 aliphatic carbocycles. The molecule has 1 fully saturated rings. The van der Waals surface area contributed by atoms with Crippen molar-refractivity contribution >= 4 is 9.84 Å². The maximum absolute atomic E-state index is 11.3. The topological polar surface area (TPSA) is 49.4 Å². The Morgan fingerprint density at radius 2 is 2.18 bits per heavy atom. The summed E-state index contributed by atoms with van der Waals surface area (Å²) in [7, 11) is -0.697. The Morgan fingerprint density at radius 1 is 1.41 bits per heavy atom. The summed E-state index contributed by atoms with van der Waals surface area (Å²) in [5.74, 6) is 1.33. The number of rotatable bonds is 7. The highest BCUT2D eigenvalue weighted by Crippen LogP contribution is 2.11. The molecule has 0 aromatic rings. The fourth-order valence-corrected chi connectivity index (χ4v) is 3.17. The summed E-state index contributed by atoms with van der Waals surface area (Å²) in [4.78, 5) is 2.27. The van der Waals surface area contributed by atoms with E-state index in [1.54, 1.807) is 6.92 Å². The van der Waals surface area contributed by atoms with Gasteiger partial charge in [0.15, 0.2) is 0 Å². The standard InChI is InChI=1S/C12H26N2O2S/c1-3-17(15,16)9-5-8-14(2)11-12-6-4-7-13-10-12/h12-13H,3-11H2,1-2H3. The van der Waals surface area contributed by atoms with Gasteiger partial charge in [-0.15, -0.1) is 0 Å². The molecule has 1 aliphatic heterocycles. The monoisotopic (exact) mass is 262 g/mol. The third kappa shape index (κ3) is 6.38. The van der Waals surface area contributed by atoms with Crippen molar-refractivity contribution in [2.45, 2.75) is 26.2 Å². The highest BCUT2D eigenvalue weighted by Gasteiger charge is 2.15. The molecule has 0 radical (unpaired) electrons. The first-order valence-electron chi connectivity index (χ1n) is 6.63. The van der Waals surface area contributed by atoms with E-state index in [2.05, 4.69) is 17.3 Å². The fraction of sp³-hybridized carbons (Fsp3) is 1.00. The molecule has 1 N–H and O–H groups in total. The van der Waals surface area contributed by atoms with Crippen LogP contribution in [0, 0.1) is 5.92 Å². The summed E-state index contributed by atoms with van der Waals surface area (Å²) in [5.41, 5.74) is 0. The van der Waals surface area contributed by atoms with Crippen LogP contribution >= 0.6 is 0 Å². The number of piperidine rings is 1. The van der Waals surface area contributed by atoms with Crippen molar-refractivity contribution in [2.24, 2.45) is 5.92 Å². The smallest absolute Gasteiger partial charge is 0.150 e. The van der Waals surface area contributed by atoms with Gasteiger partial charge in [-0.2, -0.15) is 0 Å². The summed E-state index contributed by atoms with van der Waals surface area (Å²) >= 11 is 0. The molecule has 0 bridgehead atoms. The second-order valence-electron chi connectivity index (χ2n) is 5.06. The van der Waals surface area contributed by atoms with Crippen LogP contribution in [-0.2, 0) is 9.84 Å². The average Bonchev–Trinajstić information content (AvgIpc) is 2.30. The van der Waals surface area contributed by atoms with Crippen LogP contribution in [0.25, 0.3) is 0 Å². The summed E-state index contributed by atoms with van der Waals surface area (Å²) in [6.45, 7) is 5.94. The number of nitrogens with zero attached hydrogens (tertiary/aromatic N) is 1. The van der Waals surface area contributed by atoms with E-state index in [1.807, 2.05) is 0 Å². The second kappa shape index (κ2) is 7.34. The quantitative estimate of drug-likeness (QED) is 0.735. The van der Waals surface area contributed by atoms with Gasteiger partial charge in [0.05, 0.1) is 5.75 Å². The van der Waals surface area contributed by atoms with E-state index in [1.165, 1.54) is 12.8 Å². The Bertz CT molecular complexity index is 298. The number of sulfone groups is 1. The summed E-state index contributed by atoms with van der Waals surface area (Å²) in [5, 5.41) is 3.41. The zero-order chi connectivity index (χ0) is 12.7. The van der Waals surface area contributed by atoms with E-state index in [0.29, 0.717) is 5.75 Å². The molecule has 0 spiro atoms. The zero-order valence-electron chi connectivity index (χ0n) is 11.1. The van der Waals surface area contributed by atoms with Crippen LogP contribution in [0.2, 0.25) is 0 Å². The van der Waals surface area contributed by atoms with Gasteiger partial charge in [-0.05, 0) is 51.9 Å². The lowest BCUT2D eigenvalue weighted by Gasteiger charge is -2.27. The average molecular weight is 262 g/mol. The predicted molar refractivity (Wildman–Crippen MR) is 72.0 cm³/mol. The highest BCUT2D eigenvalue weighted by molar-refractivity contribution is 7.91. The first kappa shape index (κ1) is 14.9. The molecular weight excluding hydrogens is 236 g/mol. The largest absolute Gasteiger partial charge is 0.316 e. The van der Waals surface area contributed by atoms with Crippen molar-refractivity contribution in [1.82, 2.24) is 10.2 Å². The summed E-state index contributed by atoms with van der Waals surface area (Å²) < 4.78 is 22.7. The lowest BCUT2D eigenvalue weighted by molar-refractivity contribution is 0.244. The van der Waals surface area contributed by atoms with Crippen LogP contribution in [-0.4, -0.2) is 58.1 Å². The maximum Gasteiger partial charge on any atom is 0.150 e. The van der Waals surface area contributed by atoms with Crippen LogP contribution in [0.4, 0.5) is 0 Å². The van der Waals surface area contributed by atoms with Crippen molar-refractivity contribution in [3.05, 3.63) is 0 Å². The van der Waals surface area contributed by atoms with Gasteiger partial charge in [0, 0.05) is 12.3 Å².